The standard InChI is InChI=1S/C15H12N2O9S/c18-9-5-11(20)17(13(9)22)8-3-1-2-7(4-8)12(21)15(27(24,25)26)6-10(19)16-14(15)23/h1-5,18,20,22H,6H2,(H,16,19,23)(H,24,25,26). The molecular formula is C15H12N2O9S. The van der Waals surface area contributed by atoms with Gasteiger partial charge >= 0.3 is 0 Å². The topological polar surface area (TPSA) is 183 Å². The Bertz CT molecular complexity index is 1100. The van der Waals surface area contributed by atoms with Crippen molar-refractivity contribution >= 4 is 27.7 Å². The van der Waals surface area contributed by atoms with E-state index in [2.05, 4.69) is 0 Å². The zero-order valence-electron chi connectivity index (χ0n) is 13.3. The molecule has 142 valence electrons. The normalized spacial score (nSPS) is 19.9. The molecule has 2 aromatic rings. The van der Waals surface area contributed by atoms with Gasteiger partial charge in [-0.25, -0.2) is 4.57 Å². The molecule has 1 aliphatic heterocycles. The number of aromatic hydroxyl groups is 3. The molecule has 5 N–H and O–H groups in total. The SMILES string of the molecule is O=C1CC(C(=O)c2cccc(-n3c(O)cc(O)c3O)c2)(S(=O)(=O)O)C(=O)N1. The van der Waals surface area contributed by atoms with Crippen LogP contribution >= 0.6 is 0 Å². The highest BCUT2D eigenvalue weighted by Gasteiger charge is 2.62. The van der Waals surface area contributed by atoms with Crippen LogP contribution in [0.1, 0.15) is 16.8 Å². The molecule has 1 aromatic carbocycles. The van der Waals surface area contributed by atoms with Crippen molar-refractivity contribution in [1.82, 2.24) is 9.88 Å². The van der Waals surface area contributed by atoms with Crippen LogP contribution in [0.3, 0.4) is 0 Å². The van der Waals surface area contributed by atoms with Gasteiger partial charge in [0, 0.05) is 11.6 Å². The third kappa shape index (κ3) is 2.62. The summed E-state index contributed by atoms with van der Waals surface area (Å²) < 4.78 is 30.8. The van der Waals surface area contributed by atoms with Gasteiger partial charge in [0.05, 0.1) is 12.1 Å². The number of nitrogens with one attached hydrogen (secondary N) is 1. The van der Waals surface area contributed by atoms with Crippen molar-refractivity contribution in [1.29, 1.82) is 0 Å². The molecule has 1 saturated heterocycles. The summed E-state index contributed by atoms with van der Waals surface area (Å²) in [7, 11) is -5.31. The van der Waals surface area contributed by atoms with Crippen molar-refractivity contribution in [2.75, 3.05) is 0 Å². The number of carbonyl (C=O) groups excluding carboxylic acids is 3. The summed E-state index contributed by atoms with van der Waals surface area (Å²) in [5, 5.41) is 30.7. The quantitative estimate of drug-likeness (QED) is 0.196. The van der Waals surface area contributed by atoms with Gasteiger partial charge in [-0.15, -0.1) is 0 Å². The monoisotopic (exact) mass is 396 g/mol. The third-order valence-electron chi connectivity index (χ3n) is 4.14. The maximum absolute atomic E-state index is 12.8. The van der Waals surface area contributed by atoms with Crippen LogP contribution in [0, 0.1) is 0 Å². The number of rotatable bonds is 4. The number of benzene rings is 1. The number of imide groups is 1. The number of hydrogen-bond acceptors (Lipinski definition) is 8. The summed E-state index contributed by atoms with van der Waals surface area (Å²) in [4.78, 5) is 36.3. The van der Waals surface area contributed by atoms with Gasteiger partial charge in [-0.1, -0.05) is 12.1 Å². The van der Waals surface area contributed by atoms with Crippen LogP contribution in [-0.2, 0) is 19.7 Å². The maximum atomic E-state index is 12.8. The van der Waals surface area contributed by atoms with E-state index in [0.717, 1.165) is 22.8 Å². The first kappa shape index (κ1) is 18.4. The first-order chi connectivity index (χ1) is 12.5. The van der Waals surface area contributed by atoms with Crippen molar-refractivity contribution in [3.8, 4) is 23.2 Å². The van der Waals surface area contributed by atoms with Gasteiger partial charge in [-0.05, 0) is 12.1 Å². The molecule has 0 bridgehead atoms. The zero-order valence-corrected chi connectivity index (χ0v) is 14.1. The lowest BCUT2D eigenvalue weighted by Gasteiger charge is -2.20. The lowest BCUT2D eigenvalue weighted by molar-refractivity contribution is -0.125. The third-order valence-corrected chi connectivity index (χ3v) is 5.53. The van der Waals surface area contributed by atoms with E-state index in [-0.39, 0.29) is 5.69 Å². The van der Waals surface area contributed by atoms with Crippen LogP contribution in [0.25, 0.3) is 5.69 Å². The molecule has 0 saturated carbocycles. The van der Waals surface area contributed by atoms with E-state index in [1.165, 1.54) is 12.1 Å². The Morgan fingerprint density at radius 2 is 1.81 bits per heavy atom. The molecule has 0 spiro atoms. The van der Waals surface area contributed by atoms with Crippen molar-refractivity contribution < 1.29 is 42.7 Å². The second-order valence-electron chi connectivity index (χ2n) is 5.78. The lowest BCUT2D eigenvalue weighted by Crippen LogP contribution is -2.52. The predicted molar refractivity (Wildman–Crippen MR) is 87.1 cm³/mol. The van der Waals surface area contributed by atoms with E-state index in [0.29, 0.717) is 0 Å². The molecule has 1 aromatic heterocycles. The molecule has 2 amide bonds. The van der Waals surface area contributed by atoms with Crippen LogP contribution in [0.2, 0.25) is 0 Å². The fourth-order valence-corrected chi connectivity index (χ4v) is 3.79. The molecule has 1 atom stereocenters. The molecule has 1 aliphatic rings. The number of ketones is 1. The van der Waals surface area contributed by atoms with Crippen molar-refractivity contribution in [3.05, 3.63) is 35.9 Å². The number of hydrogen-bond donors (Lipinski definition) is 5. The van der Waals surface area contributed by atoms with Gasteiger partial charge in [-0.2, -0.15) is 8.42 Å². The average Bonchev–Trinajstić information content (AvgIpc) is 3.02. The molecule has 0 aliphatic carbocycles. The van der Waals surface area contributed by atoms with Gasteiger partial charge < -0.3 is 15.3 Å². The summed E-state index contributed by atoms with van der Waals surface area (Å²) in [5.41, 5.74) is -0.465. The summed E-state index contributed by atoms with van der Waals surface area (Å²) >= 11 is 0. The molecule has 0 radical (unpaired) electrons. The molecular weight excluding hydrogens is 384 g/mol. The molecule has 12 heteroatoms. The van der Waals surface area contributed by atoms with Gasteiger partial charge in [-0.3, -0.25) is 24.3 Å². The summed E-state index contributed by atoms with van der Waals surface area (Å²) in [5.74, 6) is -5.89. The fraction of sp³-hybridized carbons (Fsp3) is 0.133. The van der Waals surface area contributed by atoms with Crippen molar-refractivity contribution in [2.24, 2.45) is 0 Å². The van der Waals surface area contributed by atoms with E-state index in [1.807, 2.05) is 0 Å². The van der Waals surface area contributed by atoms with Crippen LogP contribution < -0.4 is 5.32 Å². The minimum Gasteiger partial charge on any atom is -0.503 e. The minimum absolute atomic E-state index is 0.0635. The highest BCUT2D eigenvalue weighted by Crippen LogP contribution is 2.37. The van der Waals surface area contributed by atoms with Gasteiger partial charge in [0.1, 0.15) is 0 Å². The predicted octanol–water partition coefficient (Wildman–Crippen LogP) is -0.550. The Labute approximate surface area is 151 Å². The minimum atomic E-state index is -5.31. The largest absolute Gasteiger partial charge is 0.503 e. The molecule has 2 heterocycles. The average molecular weight is 396 g/mol. The number of nitrogens with zero attached hydrogens (tertiary/aromatic N) is 1. The van der Waals surface area contributed by atoms with Crippen LogP contribution in [0.15, 0.2) is 30.3 Å². The molecule has 27 heavy (non-hydrogen) atoms. The maximum Gasteiger partial charge on any atom is 0.288 e. The fourth-order valence-electron chi connectivity index (χ4n) is 2.84. The van der Waals surface area contributed by atoms with Gasteiger partial charge in [0.2, 0.25) is 22.4 Å². The second kappa shape index (κ2) is 5.82. The zero-order chi connectivity index (χ0) is 20.1. The number of Topliss-reactive ketones (excluding diaryl/α,β-unsaturated/α-hetero) is 1. The highest BCUT2D eigenvalue weighted by atomic mass is 32.2. The van der Waals surface area contributed by atoms with Gasteiger partial charge in [0.25, 0.3) is 16.0 Å². The van der Waals surface area contributed by atoms with E-state index >= 15 is 0 Å². The Balaban J connectivity index is 2.16. The molecule has 1 fully saturated rings. The first-order valence-electron chi connectivity index (χ1n) is 7.28. The first-order valence-corrected chi connectivity index (χ1v) is 8.72. The van der Waals surface area contributed by atoms with E-state index < -0.39 is 62.0 Å². The highest BCUT2D eigenvalue weighted by molar-refractivity contribution is 7.89. The number of amides is 2. The van der Waals surface area contributed by atoms with E-state index in [1.54, 1.807) is 5.32 Å². The lowest BCUT2D eigenvalue weighted by atomic mass is 9.94. The summed E-state index contributed by atoms with van der Waals surface area (Å²) in [6, 6.07) is 5.49. The Morgan fingerprint density at radius 3 is 2.30 bits per heavy atom. The summed E-state index contributed by atoms with van der Waals surface area (Å²) in [6.45, 7) is 0. The number of aromatic nitrogens is 1. The molecule has 3 rings (SSSR count). The van der Waals surface area contributed by atoms with Crippen LogP contribution in [0.4, 0.5) is 0 Å². The van der Waals surface area contributed by atoms with Crippen LogP contribution in [0.5, 0.6) is 17.5 Å². The number of carbonyl (C=O) groups is 3. The van der Waals surface area contributed by atoms with Crippen molar-refractivity contribution in [3.63, 3.8) is 0 Å². The van der Waals surface area contributed by atoms with E-state index in [4.69, 9.17) is 0 Å². The Kier molecular flexibility index (Phi) is 3.97. The molecule has 1 unspecified atom stereocenters. The Hall–Kier alpha value is -3.38. The smallest absolute Gasteiger partial charge is 0.288 e. The van der Waals surface area contributed by atoms with E-state index in [9.17, 15) is 42.7 Å². The van der Waals surface area contributed by atoms with Gasteiger partial charge in [0.15, 0.2) is 11.5 Å². The van der Waals surface area contributed by atoms with Crippen molar-refractivity contribution in [2.45, 2.75) is 11.2 Å². The van der Waals surface area contributed by atoms with Crippen LogP contribution in [-0.4, -0.2) is 55.2 Å². The Morgan fingerprint density at radius 1 is 1.15 bits per heavy atom. The summed E-state index contributed by atoms with van der Waals surface area (Å²) in [6.07, 6.45) is -1.09. The molecule has 11 nitrogen and oxygen atoms in total. The second-order valence-corrected chi connectivity index (χ2v) is 7.43.